The van der Waals surface area contributed by atoms with E-state index in [1.807, 2.05) is 45.7 Å². The number of nitrogens with one attached hydrogen (secondary N) is 2. The van der Waals surface area contributed by atoms with Crippen LogP contribution in [0.25, 0.3) is 16.6 Å². The summed E-state index contributed by atoms with van der Waals surface area (Å²) < 4.78 is 2.11. The van der Waals surface area contributed by atoms with Crippen molar-refractivity contribution in [2.24, 2.45) is 4.99 Å². The maximum atomic E-state index is 5.23. The number of hydrogen-bond acceptors (Lipinski definition) is 6. The number of fused-ring (bicyclic) bond motifs is 1. The van der Waals surface area contributed by atoms with E-state index in [1.54, 1.807) is 0 Å². The topological polar surface area (TPSA) is 66.6 Å². The lowest BCUT2D eigenvalue weighted by molar-refractivity contribution is 0.616. The van der Waals surface area contributed by atoms with Crippen molar-refractivity contribution in [2.75, 3.05) is 16.4 Å². The average molecular weight is 567 g/mol. The molecular weight excluding hydrogens is 512 g/mol. The summed E-state index contributed by atoms with van der Waals surface area (Å²) in [5.74, 6) is 3.05. The first-order valence-corrected chi connectivity index (χ1v) is 16.7. The Labute approximate surface area is 248 Å². The third-order valence-electron chi connectivity index (χ3n) is 7.05. The van der Waals surface area contributed by atoms with Gasteiger partial charge in [-0.05, 0) is 68.9 Å². The lowest BCUT2D eigenvalue weighted by Crippen LogP contribution is -2.20. The van der Waals surface area contributed by atoms with Gasteiger partial charge in [0.2, 0.25) is 0 Å². The predicted molar refractivity (Wildman–Crippen MR) is 179 cm³/mol. The minimum atomic E-state index is 0.0691. The fourth-order valence-corrected chi connectivity index (χ4v) is 5.94. The monoisotopic (exact) mass is 566 g/mol. The number of pyridine rings is 2. The molecule has 1 aliphatic rings. The molecule has 3 atom stereocenters. The Morgan fingerprint density at radius 2 is 1.62 bits per heavy atom. The van der Waals surface area contributed by atoms with E-state index in [0.29, 0.717) is 12.1 Å². The summed E-state index contributed by atoms with van der Waals surface area (Å²) >= 11 is 1.84. The second kappa shape index (κ2) is 18.0. The Morgan fingerprint density at radius 3 is 2.25 bits per heavy atom. The van der Waals surface area contributed by atoms with Gasteiger partial charge in [-0.25, -0.2) is 9.50 Å². The van der Waals surface area contributed by atoms with Crippen LogP contribution in [0.2, 0.25) is 0 Å². The third kappa shape index (κ3) is 8.73. The number of anilines is 2. The number of rotatable bonds is 12. The summed E-state index contributed by atoms with van der Waals surface area (Å²) in [5.41, 5.74) is 4.49. The summed E-state index contributed by atoms with van der Waals surface area (Å²) in [6, 6.07) is 11.7. The minimum absolute atomic E-state index is 0.0691. The number of thioether (sulfide) groups is 1. The molecule has 0 fully saturated rings. The highest BCUT2D eigenvalue weighted by Crippen LogP contribution is 2.39. The number of aliphatic imine (C=N–C) groups is 1. The van der Waals surface area contributed by atoms with E-state index in [9.17, 15) is 0 Å². The largest absolute Gasteiger partial charge is 0.367 e. The fourth-order valence-electron chi connectivity index (χ4n) is 5.10. The highest BCUT2D eigenvalue weighted by atomic mass is 32.2. The summed E-state index contributed by atoms with van der Waals surface area (Å²) in [6.07, 6.45) is 9.70. The molecule has 0 radical (unpaired) electrons. The molecule has 222 valence electrons. The van der Waals surface area contributed by atoms with E-state index in [-0.39, 0.29) is 6.04 Å². The van der Waals surface area contributed by atoms with Crippen molar-refractivity contribution < 1.29 is 0 Å². The Kier molecular flexibility index (Phi) is 15.2. The Bertz CT molecular complexity index is 1170. The van der Waals surface area contributed by atoms with Crippen LogP contribution in [0.3, 0.4) is 0 Å². The Morgan fingerprint density at radius 1 is 0.950 bits per heavy atom. The fraction of sp³-hybridized carbons (Fsp3) is 0.606. The standard InChI is InChI=1S/C29H42N6S.2C2H6/c1-6-11-22(8-3)32-26-19-21(15-17-30-26)28-25-13-10-14-27(33-23(9-4)12-7-2)35(25)34-29(28)24-16-18-36-20(5)31-24;2*1-2/h10,13-15,17,19,22-24,33H,6-9,11-12,16,18H2,1-5H3,(H,30,32);2*1-2H3. The molecule has 4 heterocycles. The van der Waals surface area contributed by atoms with E-state index in [1.165, 1.54) is 5.56 Å². The SMILES string of the molecule is CC.CC.CCCC(CC)Nc1cc(-c2c(C3CCSC(C)=N3)nn3c(NC(CC)CCC)cccc23)ccn1. The molecule has 0 aliphatic carbocycles. The molecule has 3 unspecified atom stereocenters. The van der Waals surface area contributed by atoms with Crippen LogP contribution in [0.4, 0.5) is 11.6 Å². The summed E-state index contributed by atoms with van der Waals surface area (Å²) in [7, 11) is 0. The first-order valence-electron chi connectivity index (χ1n) is 15.8. The molecule has 6 nitrogen and oxygen atoms in total. The van der Waals surface area contributed by atoms with Crippen LogP contribution >= 0.6 is 11.8 Å². The van der Waals surface area contributed by atoms with E-state index in [2.05, 4.69) is 85.1 Å². The molecule has 0 amide bonds. The molecule has 0 bridgehead atoms. The first kappa shape index (κ1) is 33.7. The van der Waals surface area contributed by atoms with Crippen molar-refractivity contribution in [1.82, 2.24) is 14.6 Å². The van der Waals surface area contributed by atoms with Crippen LogP contribution < -0.4 is 10.6 Å². The van der Waals surface area contributed by atoms with Crippen molar-refractivity contribution in [3.05, 3.63) is 42.2 Å². The minimum Gasteiger partial charge on any atom is -0.367 e. The van der Waals surface area contributed by atoms with Crippen LogP contribution in [0, 0.1) is 0 Å². The van der Waals surface area contributed by atoms with Gasteiger partial charge in [0.25, 0.3) is 0 Å². The van der Waals surface area contributed by atoms with Gasteiger partial charge in [-0.15, -0.1) is 11.8 Å². The highest BCUT2D eigenvalue weighted by Gasteiger charge is 2.26. The van der Waals surface area contributed by atoms with Crippen molar-refractivity contribution in [3.8, 4) is 11.1 Å². The van der Waals surface area contributed by atoms with E-state index in [0.717, 1.165) is 84.2 Å². The van der Waals surface area contributed by atoms with Gasteiger partial charge >= 0.3 is 0 Å². The lowest BCUT2D eigenvalue weighted by Gasteiger charge is -2.19. The molecule has 3 aromatic heterocycles. The molecular formula is C33H54N6S. The summed E-state index contributed by atoms with van der Waals surface area (Å²) in [4.78, 5) is 9.69. The van der Waals surface area contributed by atoms with Gasteiger partial charge < -0.3 is 10.6 Å². The normalized spacial score (nSPS) is 16.1. The Hall–Kier alpha value is -2.54. The molecule has 0 saturated carbocycles. The van der Waals surface area contributed by atoms with E-state index < -0.39 is 0 Å². The Balaban J connectivity index is 0.00000134. The van der Waals surface area contributed by atoms with Crippen molar-refractivity contribution in [3.63, 3.8) is 0 Å². The third-order valence-corrected chi connectivity index (χ3v) is 8.02. The molecule has 4 rings (SSSR count). The van der Waals surface area contributed by atoms with Crippen LogP contribution in [-0.2, 0) is 0 Å². The quantitative estimate of drug-likeness (QED) is 0.228. The second-order valence-electron chi connectivity index (χ2n) is 9.78. The van der Waals surface area contributed by atoms with Gasteiger partial charge in [-0.1, -0.05) is 74.3 Å². The lowest BCUT2D eigenvalue weighted by atomic mass is 9.99. The maximum absolute atomic E-state index is 5.23. The predicted octanol–water partition coefficient (Wildman–Crippen LogP) is 10.0. The van der Waals surface area contributed by atoms with Gasteiger partial charge in [0.05, 0.1) is 22.3 Å². The van der Waals surface area contributed by atoms with Gasteiger partial charge in [0, 0.05) is 29.6 Å². The average Bonchev–Trinajstić information content (AvgIpc) is 3.39. The molecule has 7 heteroatoms. The molecule has 40 heavy (non-hydrogen) atoms. The zero-order valence-electron chi connectivity index (χ0n) is 26.6. The summed E-state index contributed by atoms with van der Waals surface area (Å²) in [5, 5.41) is 13.8. The van der Waals surface area contributed by atoms with Crippen molar-refractivity contribution in [2.45, 2.75) is 125 Å². The zero-order valence-corrected chi connectivity index (χ0v) is 27.4. The second-order valence-corrected chi connectivity index (χ2v) is 11.1. The van der Waals surface area contributed by atoms with Gasteiger partial charge in [0.1, 0.15) is 11.6 Å². The van der Waals surface area contributed by atoms with Gasteiger partial charge in [-0.3, -0.25) is 4.99 Å². The van der Waals surface area contributed by atoms with E-state index in [4.69, 9.17) is 10.1 Å². The number of aromatic nitrogens is 3. The van der Waals surface area contributed by atoms with Gasteiger partial charge in [0.15, 0.2) is 0 Å². The molecule has 0 spiro atoms. The van der Waals surface area contributed by atoms with E-state index >= 15 is 0 Å². The highest BCUT2D eigenvalue weighted by molar-refractivity contribution is 8.13. The first-order chi connectivity index (χ1) is 19.6. The zero-order chi connectivity index (χ0) is 29.5. The molecule has 0 aromatic carbocycles. The maximum Gasteiger partial charge on any atom is 0.128 e. The molecule has 3 aromatic rings. The summed E-state index contributed by atoms with van der Waals surface area (Å²) in [6.45, 7) is 19.1. The van der Waals surface area contributed by atoms with Crippen LogP contribution in [0.15, 0.2) is 41.5 Å². The van der Waals surface area contributed by atoms with Crippen LogP contribution in [0.1, 0.15) is 119 Å². The van der Waals surface area contributed by atoms with Crippen molar-refractivity contribution >= 4 is 34.0 Å². The van der Waals surface area contributed by atoms with Crippen LogP contribution in [-0.4, -0.2) is 37.5 Å². The van der Waals surface area contributed by atoms with Crippen molar-refractivity contribution in [1.29, 1.82) is 0 Å². The molecule has 0 saturated heterocycles. The number of nitrogens with zero attached hydrogens (tertiary/aromatic N) is 4. The smallest absolute Gasteiger partial charge is 0.128 e. The van der Waals surface area contributed by atoms with Gasteiger partial charge in [-0.2, -0.15) is 5.10 Å². The molecule has 2 N–H and O–H groups in total. The van der Waals surface area contributed by atoms with Crippen LogP contribution in [0.5, 0.6) is 0 Å². The number of hydrogen-bond donors (Lipinski definition) is 2. The molecule has 1 aliphatic heterocycles.